The fourth-order valence-corrected chi connectivity index (χ4v) is 3.63. The van der Waals surface area contributed by atoms with E-state index in [1.807, 2.05) is 36.4 Å². The van der Waals surface area contributed by atoms with Crippen molar-refractivity contribution in [3.05, 3.63) is 54.6 Å². The van der Waals surface area contributed by atoms with Gasteiger partial charge in [-0.25, -0.2) is 9.59 Å². The Morgan fingerprint density at radius 3 is 2.34 bits per heavy atom. The van der Waals surface area contributed by atoms with E-state index in [1.165, 1.54) is 4.90 Å². The second-order valence-electron chi connectivity index (χ2n) is 9.12. The average molecular weight is 479 g/mol. The summed E-state index contributed by atoms with van der Waals surface area (Å²) in [6.45, 7) is 7.55. The zero-order chi connectivity index (χ0) is 25.5. The molecule has 2 unspecified atom stereocenters. The number of carbonyl (C=O) groups is 2. The number of nitriles is 1. The molecule has 35 heavy (non-hydrogen) atoms. The van der Waals surface area contributed by atoms with Crippen LogP contribution in [0, 0.1) is 17.2 Å². The Balaban J connectivity index is 1.79. The third kappa shape index (κ3) is 6.57. The summed E-state index contributed by atoms with van der Waals surface area (Å²) in [6, 6.07) is 18.2. The molecule has 1 aliphatic heterocycles. The number of amides is 1. The topological polar surface area (TPSA) is 114 Å². The van der Waals surface area contributed by atoms with E-state index >= 15 is 0 Å². The zero-order valence-electron chi connectivity index (χ0n) is 20.4. The van der Waals surface area contributed by atoms with Crippen molar-refractivity contribution >= 4 is 17.7 Å². The van der Waals surface area contributed by atoms with Crippen LogP contribution in [0.1, 0.15) is 34.1 Å². The highest BCUT2D eigenvalue weighted by Gasteiger charge is 2.52. The summed E-state index contributed by atoms with van der Waals surface area (Å²) in [4.78, 5) is 26.9. The Kier molecular flexibility index (Phi) is 8.07. The summed E-state index contributed by atoms with van der Waals surface area (Å²) in [7, 11) is 0. The first-order chi connectivity index (χ1) is 16.7. The van der Waals surface area contributed by atoms with Gasteiger partial charge in [0.25, 0.3) is 5.54 Å². The van der Waals surface area contributed by atoms with E-state index in [0.717, 1.165) is 0 Å². The molecule has 9 nitrogen and oxygen atoms in total. The summed E-state index contributed by atoms with van der Waals surface area (Å²) in [5.74, 6) is -0.0748. The average Bonchev–Trinajstić information content (AvgIpc) is 3.32. The lowest BCUT2D eigenvalue weighted by atomic mass is 9.85. The Morgan fingerprint density at radius 2 is 1.74 bits per heavy atom. The molecule has 2 aromatic rings. The van der Waals surface area contributed by atoms with Gasteiger partial charge in [-0.3, -0.25) is 0 Å². The van der Waals surface area contributed by atoms with E-state index in [-0.39, 0.29) is 13.2 Å². The minimum Gasteiger partial charge on any atom is -0.463 e. The number of carbonyl (C=O) groups excluding carboxylic acids is 2. The van der Waals surface area contributed by atoms with Crippen molar-refractivity contribution in [1.82, 2.24) is 4.90 Å². The minimum atomic E-state index is -1.88. The van der Waals surface area contributed by atoms with Crippen molar-refractivity contribution in [2.24, 2.45) is 16.1 Å². The number of hydrogen-bond donors (Lipinski definition) is 0. The molecule has 0 saturated carbocycles. The van der Waals surface area contributed by atoms with Crippen molar-refractivity contribution in [3.63, 3.8) is 0 Å². The van der Waals surface area contributed by atoms with Crippen LogP contribution >= 0.6 is 0 Å². The van der Waals surface area contributed by atoms with E-state index in [2.05, 4.69) is 10.2 Å². The van der Waals surface area contributed by atoms with Crippen LogP contribution in [-0.2, 0) is 14.3 Å². The number of azo groups is 1. The van der Waals surface area contributed by atoms with Gasteiger partial charge in [0.15, 0.2) is 0 Å². The maximum Gasteiger partial charge on any atom is 0.410 e. The molecule has 184 valence electrons. The number of benzene rings is 2. The van der Waals surface area contributed by atoms with Gasteiger partial charge in [-0.05, 0) is 70.5 Å². The first-order valence-corrected chi connectivity index (χ1v) is 11.5. The van der Waals surface area contributed by atoms with Crippen molar-refractivity contribution in [2.45, 2.75) is 45.3 Å². The van der Waals surface area contributed by atoms with Gasteiger partial charge in [-0.2, -0.15) is 15.5 Å². The molecule has 0 aromatic heterocycles. The fraction of sp³-hybridized carbons (Fsp3) is 0.423. The molecule has 0 aliphatic carbocycles. The molecule has 0 N–H and O–H groups in total. The molecule has 2 atom stereocenters. The lowest BCUT2D eigenvalue weighted by molar-refractivity contribution is -0.149. The first kappa shape index (κ1) is 25.7. The van der Waals surface area contributed by atoms with E-state index in [9.17, 15) is 14.9 Å². The quantitative estimate of drug-likeness (QED) is 0.375. The van der Waals surface area contributed by atoms with E-state index in [4.69, 9.17) is 14.2 Å². The minimum absolute atomic E-state index is 0.0891. The number of esters is 1. The van der Waals surface area contributed by atoms with Crippen molar-refractivity contribution in [2.75, 3.05) is 19.7 Å². The lowest BCUT2D eigenvalue weighted by Gasteiger charge is -2.27. The van der Waals surface area contributed by atoms with Gasteiger partial charge in [0, 0.05) is 19.0 Å². The Morgan fingerprint density at radius 1 is 1.09 bits per heavy atom. The van der Waals surface area contributed by atoms with Crippen LogP contribution in [0.2, 0.25) is 0 Å². The molecule has 1 aliphatic rings. The molecule has 1 fully saturated rings. The molecule has 3 rings (SSSR count). The number of hydrogen-bond acceptors (Lipinski definition) is 8. The second kappa shape index (κ2) is 11.0. The summed E-state index contributed by atoms with van der Waals surface area (Å²) in [5.41, 5.74) is -2.10. The van der Waals surface area contributed by atoms with Crippen LogP contribution in [-0.4, -0.2) is 47.8 Å². The van der Waals surface area contributed by atoms with E-state index in [1.54, 1.807) is 52.0 Å². The third-order valence-electron chi connectivity index (χ3n) is 5.33. The second-order valence-corrected chi connectivity index (χ2v) is 9.12. The standard InChI is InChI=1S/C26H30N4O5/c1-5-33-23(31)26(18-27,19-15-16-30(17-19)24(32)35-25(2,3)4)29-28-20-11-13-22(14-12-20)34-21-9-7-6-8-10-21/h6-14,19H,5,15-17H2,1-4H3. The normalized spacial score (nSPS) is 17.5. The zero-order valence-corrected chi connectivity index (χ0v) is 20.4. The van der Waals surface area contributed by atoms with Crippen LogP contribution in [0.5, 0.6) is 11.5 Å². The van der Waals surface area contributed by atoms with Crippen molar-refractivity contribution in [3.8, 4) is 17.6 Å². The highest BCUT2D eigenvalue weighted by Crippen LogP contribution is 2.34. The van der Waals surface area contributed by atoms with Gasteiger partial charge >= 0.3 is 12.1 Å². The van der Waals surface area contributed by atoms with Gasteiger partial charge in [0.05, 0.1) is 12.3 Å². The van der Waals surface area contributed by atoms with Crippen LogP contribution in [0.15, 0.2) is 64.8 Å². The van der Waals surface area contributed by atoms with E-state index < -0.39 is 29.1 Å². The van der Waals surface area contributed by atoms with Gasteiger partial charge in [-0.1, -0.05) is 18.2 Å². The number of rotatable bonds is 7. The molecule has 0 spiro atoms. The predicted octanol–water partition coefficient (Wildman–Crippen LogP) is 5.65. The predicted molar refractivity (Wildman–Crippen MR) is 128 cm³/mol. The lowest BCUT2D eigenvalue weighted by Crippen LogP contribution is -2.46. The molecule has 1 amide bonds. The molecular weight excluding hydrogens is 448 g/mol. The van der Waals surface area contributed by atoms with Crippen LogP contribution in [0.3, 0.4) is 0 Å². The molecule has 9 heteroatoms. The SMILES string of the molecule is CCOC(=O)C(C#N)(N=Nc1ccc(Oc2ccccc2)cc1)C1CCN(C(=O)OC(C)(C)C)C1. The largest absolute Gasteiger partial charge is 0.463 e. The highest BCUT2D eigenvalue weighted by atomic mass is 16.6. The maximum atomic E-state index is 12.9. The fourth-order valence-electron chi connectivity index (χ4n) is 3.63. The van der Waals surface area contributed by atoms with Crippen LogP contribution < -0.4 is 4.74 Å². The molecule has 1 saturated heterocycles. The van der Waals surface area contributed by atoms with E-state index in [0.29, 0.717) is 30.2 Å². The van der Waals surface area contributed by atoms with Gasteiger partial charge in [0.1, 0.15) is 23.2 Å². The van der Waals surface area contributed by atoms with Gasteiger partial charge < -0.3 is 19.1 Å². The Labute approximate surface area is 205 Å². The van der Waals surface area contributed by atoms with Gasteiger partial charge in [0.2, 0.25) is 0 Å². The Bertz CT molecular complexity index is 1090. The molecular formula is C26H30N4O5. The van der Waals surface area contributed by atoms with Crippen LogP contribution in [0.25, 0.3) is 0 Å². The summed E-state index contributed by atoms with van der Waals surface area (Å²) >= 11 is 0. The number of likely N-dealkylation sites (tertiary alicyclic amines) is 1. The summed E-state index contributed by atoms with van der Waals surface area (Å²) < 4.78 is 16.4. The molecule has 0 bridgehead atoms. The maximum absolute atomic E-state index is 12.9. The number of nitrogens with zero attached hydrogens (tertiary/aromatic N) is 4. The van der Waals surface area contributed by atoms with Crippen LogP contribution in [0.4, 0.5) is 10.5 Å². The molecule has 0 radical (unpaired) electrons. The van der Waals surface area contributed by atoms with Gasteiger partial charge in [-0.15, -0.1) is 0 Å². The summed E-state index contributed by atoms with van der Waals surface area (Å²) in [5, 5.41) is 18.5. The summed E-state index contributed by atoms with van der Waals surface area (Å²) in [6.07, 6.45) is -0.115. The first-order valence-electron chi connectivity index (χ1n) is 11.5. The molecule has 2 aromatic carbocycles. The van der Waals surface area contributed by atoms with Crippen molar-refractivity contribution < 1.29 is 23.8 Å². The number of ether oxygens (including phenoxy) is 3. The molecule has 1 heterocycles. The third-order valence-corrected chi connectivity index (χ3v) is 5.33. The highest BCUT2D eigenvalue weighted by molar-refractivity contribution is 5.85. The van der Waals surface area contributed by atoms with Crippen molar-refractivity contribution in [1.29, 1.82) is 5.26 Å². The monoisotopic (exact) mass is 478 g/mol. The smallest absolute Gasteiger partial charge is 0.410 e. The Hall–Kier alpha value is -3.93. The number of para-hydroxylation sites is 1.